The predicted molar refractivity (Wildman–Crippen MR) is 106 cm³/mol. The van der Waals surface area contributed by atoms with Crippen molar-refractivity contribution in [3.8, 4) is 34.1 Å². The summed E-state index contributed by atoms with van der Waals surface area (Å²) in [6.07, 6.45) is 0.837. The van der Waals surface area contributed by atoms with Crippen LogP contribution in [0, 0.1) is 0 Å². The fraction of sp³-hybridized carbons (Fsp3) is 0.273. The van der Waals surface area contributed by atoms with E-state index in [0.717, 1.165) is 17.5 Å². The molecule has 1 aliphatic rings. The Morgan fingerprint density at radius 1 is 1.04 bits per heavy atom. The predicted octanol–water partition coefficient (Wildman–Crippen LogP) is 4.23. The molecular weight excluding hydrogens is 342 g/mol. The summed E-state index contributed by atoms with van der Waals surface area (Å²) >= 11 is 0. The number of methoxy groups -OCH3 is 1. The van der Waals surface area contributed by atoms with Gasteiger partial charge in [0.15, 0.2) is 0 Å². The first kappa shape index (κ1) is 17.5. The molecule has 2 unspecified atom stereocenters. The van der Waals surface area contributed by atoms with Crippen molar-refractivity contribution in [3.63, 3.8) is 0 Å². The van der Waals surface area contributed by atoms with E-state index in [1.54, 1.807) is 18.2 Å². The molecule has 27 heavy (non-hydrogen) atoms. The normalized spacial score (nSPS) is 19.1. The van der Waals surface area contributed by atoms with Crippen LogP contribution in [-0.2, 0) is 6.42 Å². The van der Waals surface area contributed by atoms with Gasteiger partial charge in [-0.2, -0.15) is 0 Å². The zero-order valence-electron chi connectivity index (χ0n) is 15.6. The van der Waals surface area contributed by atoms with Crippen LogP contribution in [0.3, 0.4) is 0 Å². The molecule has 5 heteroatoms. The van der Waals surface area contributed by atoms with Crippen LogP contribution in [0.2, 0.25) is 0 Å². The van der Waals surface area contributed by atoms with E-state index in [-0.39, 0.29) is 23.3 Å². The lowest BCUT2D eigenvalue weighted by Crippen LogP contribution is -2.36. The van der Waals surface area contributed by atoms with Crippen molar-refractivity contribution in [2.24, 2.45) is 0 Å². The third-order valence-electron chi connectivity index (χ3n) is 5.37. The fourth-order valence-corrected chi connectivity index (χ4v) is 4.27. The molecule has 3 aromatic carbocycles. The Morgan fingerprint density at radius 3 is 2.56 bits per heavy atom. The van der Waals surface area contributed by atoms with Gasteiger partial charge in [0.25, 0.3) is 0 Å². The van der Waals surface area contributed by atoms with Gasteiger partial charge in [0.1, 0.15) is 23.0 Å². The number of fused-ring (bicyclic) bond motifs is 2. The molecule has 0 radical (unpaired) electrons. The number of ether oxygens (including phenoxy) is 1. The lowest BCUT2D eigenvalue weighted by atomic mass is 9.86. The van der Waals surface area contributed by atoms with E-state index >= 15 is 0 Å². The molecule has 5 nitrogen and oxygen atoms in total. The highest BCUT2D eigenvalue weighted by Gasteiger charge is 2.27. The lowest BCUT2D eigenvalue weighted by molar-refractivity contribution is 0.407. The maximum atomic E-state index is 11.1. The Bertz CT molecular complexity index is 1040. The van der Waals surface area contributed by atoms with E-state index in [0.29, 0.717) is 33.7 Å². The molecule has 0 amide bonds. The summed E-state index contributed by atoms with van der Waals surface area (Å²) in [4.78, 5) is 0. The van der Waals surface area contributed by atoms with Crippen molar-refractivity contribution in [2.45, 2.75) is 32.4 Å². The van der Waals surface area contributed by atoms with Crippen LogP contribution in [0.4, 0.5) is 0 Å². The minimum Gasteiger partial charge on any atom is -0.507 e. The Kier molecular flexibility index (Phi) is 4.12. The molecule has 4 rings (SSSR count). The second-order valence-electron chi connectivity index (χ2n) is 7.20. The van der Waals surface area contributed by atoms with Gasteiger partial charge in [-0.05, 0) is 31.9 Å². The van der Waals surface area contributed by atoms with Crippen LogP contribution in [0.1, 0.15) is 31.0 Å². The summed E-state index contributed by atoms with van der Waals surface area (Å²) in [5.74, 6) is 0.590. The van der Waals surface area contributed by atoms with Crippen LogP contribution in [0.25, 0.3) is 21.9 Å². The maximum absolute atomic E-state index is 11.1. The third kappa shape index (κ3) is 2.66. The van der Waals surface area contributed by atoms with Crippen LogP contribution in [0.5, 0.6) is 23.0 Å². The Labute approximate surface area is 157 Å². The van der Waals surface area contributed by atoms with E-state index in [4.69, 9.17) is 4.74 Å². The zero-order valence-corrected chi connectivity index (χ0v) is 15.6. The van der Waals surface area contributed by atoms with Crippen LogP contribution in [-0.4, -0.2) is 28.5 Å². The number of nitrogens with one attached hydrogen (secondary N) is 1. The molecule has 1 heterocycles. The molecule has 1 aliphatic heterocycles. The molecule has 0 spiro atoms. The first-order valence-corrected chi connectivity index (χ1v) is 9.05. The summed E-state index contributed by atoms with van der Waals surface area (Å²) in [5.41, 5.74) is 2.98. The van der Waals surface area contributed by atoms with Gasteiger partial charge in [0, 0.05) is 40.2 Å². The largest absolute Gasteiger partial charge is 0.507 e. The van der Waals surface area contributed by atoms with Crippen LogP contribution < -0.4 is 10.1 Å². The Morgan fingerprint density at radius 2 is 1.81 bits per heavy atom. The fourth-order valence-electron chi connectivity index (χ4n) is 4.27. The topological polar surface area (TPSA) is 82.0 Å². The molecule has 0 aliphatic carbocycles. The molecule has 3 aromatic rings. The molecule has 0 saturated carbocycles. The molecule has 0 aromatic heterocycles. The van der Waals surface area contributed by atoms with E-state index in [1.807, 2.05) is 19.1 Å². The number of hydrogen-bond acceptors (Lipinski definition) is 5. The highest BCUT2D eigenvalue weighted by molar-refractivity contribution is 6.06. The first-order valence-electron chi connectivity index (χ1n) is 9.05. The van der Waals surface area contributed by atoms with Gasteiger partial charge in [-0.25, -0.2) is 0 Å². The van der Waals surface area contributed by atoms with Crippen molar-refractivity contribution in [1.29, 1.82) is 0 Å². The second kappa shape index (κ2) is 6.35. The molecular formula is C22H23NO4. The van der Waals surface area contributed by atoms with Crippen molar-refractivity contribution < 1.29 is 20.1 Å². The molecule has 0 bridgehead atoms. The molecule has 140 valence electrons. The smallest absolute Gasteiger partial charge is 0.134 e. The molecule has 2 atom stereocenters. The standard InChI is InChI=1S/C22H23NO4/c1-11-9-13-7-8-15(22(26)19(13)12(2)23-11)20-14-5-4-6-16(24)21(14)18(27-3)10-17(20)25/h4-8,10-12,23-26H,9H2,1-3H3. The Balaban J connectivity index is 2.03. The number of phenolic OH excluding ortho intramolecular Hbond substituents is 3. The van der Waals surface area contributed by atoms with Gasteiger partial charge < -0.3 is 25.4 Å². The van der Waals surface area contributed by atoms with Crippen molar-refractivity contribution in [2.75, 3.05) is 7.11 Å². The minimum atomic E-state index is -0.00927. The number of aromatic hydroxyl groups is 3. The van der Waals surface area contributed by atoms with Crippen molar-refractivity contribution in [3.05, 3.63) is 47.5 Å². The summed E-state index contributed by atoms with van der Waals surface area (Å²) < 4.78 is 5.34. The summed E-state index contributed by atoms with van der Waals surface area (Å²) in [7, 11) is 1.49. The quantitative estimate of drug-likeness (QED) is 0.546. The van der Waals surface area contributed by atoms with Crippen LogP contribution >= 0.6 is 0 Å². The highest BCUT2D eigenvalue weighted by atomic mass is 16.5. The Hall–Kier alpha value is -2.92. The summed E-state index contributed by atoms with van der Waals surface area (Å²) in [5, 5.41) is 36.7. The molecule has 0 fully saturated rings. The first-order chi connectivity index (χ1) is 12.9. The zero-order chi connectivity index (χ0) is 19.3. The number of benzene rings is 3. The SMILES string of the molecule is COc1cc(O)c(-c2ccc3c(c2O)C(C)NC(C)C3)c2cccc(O)c12. The maximum Gasteiger partial charge on any atom is 0.134 e. The minimum absolute atomic E-state index is 0.00348. The van der Waals surface area contributed by atoms with Gasteiger partial charge in [0.2, 0.25) is 0 Å². The van der Waals surface area contributed by atoms with Gasteiger partial charge in [-0.1, -0.05) is 24.3 Å². The van der Waals surface area contributed by atoms with Crippen molar-refractivity contribution >= 4 is 10.8 Å². The average molecular weight is 365 g/mol. The summed E-state index contributed by atoms with van der Waals surface area (Å²) in [6.45, 7) is 4.14. The second-order valence-corrected chi connectivity index (χ2v) is 7.20. The van der Waals surface area contributed by atoms with Gasteiger partial charge >= 0.3 is 0 Å². The van der Waals surface area contributed by atoms with E-state index in [9.17, 15) is 15.3 Å². The van der Waals surface area contributed by atoms with Crippen molar-refractivity contribution in [1.82, 2.24) is 5.32 Å². The van der Waals surface area contributed by atoms with Crippen LogP contribution in [0.15, 0.2) is 36.4 Å². The number of hydrogen-bond donors (Lipinski definition) is 4. The number of rotatable bonds is 2. The lowest BCUT2D eigenvalue weighted by Gasteiger charge is -2.30. The third-order valence-corrected chi connectivity index (χ3v) is 5.37. The van der Waals surface area contributed by atoms with Gasteiger partial charge in [-0.3, -0.25) is 0 Å². The molecule has 4 N–H and O–H groups in total. The number of phenols is 3. The summed E-state index contributed by atoms with van der Waals surface area (Å²) in [6, 6.07) is 10.7. The monoisotopic (exact) mass is 365 g/mol. The molecule has 0 saturated heterocycles. The van der Waals surface area contributed by atoms with E-state index < -0.39 is 0 Å². The van der Waals surface area contributed by atoms with E-state index in [1.165, 1.54) is 13.2 Å². The van der Waals surface area contributed by atoms with Gasteiger partial charge in [-0.15, -0.1) is 0 Å². The van der Waals surface area contributed by atoms with Gasteiger partial charge in [0.05, 0.1) is 12.5 Å². The average Bonchev–Trinajstić information content (AvgIpc) is 2.61. The highest BCUT2D eigenvalue weighted by Crippen LogP contribution is 2.49. The van der Waals surface area contributed by atoms with E-state index in [2.05, 4.69) is 12.2 Å².